The van der Waals surface area contributed by atoms with Gasteiger partial charge in [-0.2, -0.15) is 0 Å². The lowest BCUT2D eigenvalue weighted by Gasteiger charge is -1.80. The number of hydrogen-bond acceptors (Lipinski definition) is 4. The molecule has 0 fully saturated rings. The van der Waals surface area contributed by atoms with Crippen LogP contribution in [0, 0.1) is 0 Å². The highest BCUT2D eigenvalue weighted by Crippen LogP contribution is 1.79. The van der Waals surface area contributed by atoms with Gasteiger partial charge in [0, 0.05) is 13.8 Å². The number of benzene rings is 1. The van der Waals surface area contributed by atoms with Crippen molar-refractivity contribution in [3.8, 4) is 0 Å². The molecule has 0 bridgehead atoms. The van der Waals surface area contributed by atoms with Crippen LogP contribution in [0.5, 0.6) is 0 Å². The third-order valence-corrected chi connectivity index (χ3v) is 1.24. The summed E-state index contributed by atoms with van der Waals surface area (Å²) in [7, 11) is 2.70. The van der Waals surface area contributed by atoms with Crippen molar-refractivity contribution in [3.05, 3.63) is 36.4 Å². The van der Waals surface area contributed by atoms with Crippen molar-refractivity contribution >= 4 is 11.9 Å². The molecule has 0 radical (unpaired) electrons. The van der Waals surface area contributed by atoms with Gasteiger partial charge in [0.15, 0.2) is 0 Å². The van der Waals surface area contributed by atoms with Crippen LogP contribution in [0.15, 0.2) is 36.4 Å². The Kier molecular flexibility index (Phi) is 24.5. The molecule has 4 nitrogen and oxygen atoms in total. The fraction of sp³-hybridized carbons (Fsp3) is 0.429. The first-order valence-corrected chi connectivity index (χ1v) is 5.63. The number of rotatable bonds is 0. The summed E-state index contributed by atoms with van der Waals surface area (Å²) in [5, 5.41) is 0. The van der Waals surface area contributed by atoms with E-state index in [1.54, 1.807) is 0 Å². The standard InChI is InChI=1S/C6H6.2C3H6O2.C2H6/c1-2-4-6-5-3-1;2*1-3(4)5-2;1-2/h1-6H;2*1-2H3;1-2H3. The molecule has 0 aromatic heterocycles. The van der Waals surface area contributed by atoms with E-state index in [1.165, 1.54) is 28.1 Å². The normalized spacial score (nSPS) is 6.78. The molecule has 1 aromatic rings. The van der Waals surface area contributed by atoms with Crippen LogP contribution < -0.4 is 0 Å². The molecule has 0 N–H and O–H groups in total. The van der Waals surface area contributed by atoms with Crippen molar-refractivity contribution in [1.29, 1.82) is 0 Å². The van der Waals surface area contributed by atoms with E-state index in [0.29, 0.717) is 0 Å². The molecular formula is C14H24O4. The van der Waals surface area contributed by atoms with Crippen molar-refractivity contribution in [3.63, 3.8) is 0 Å². The summed E-state index contributed by atoms with van der Waals surface area (Å²) in [6.45, 7) is 6.72. The average molecular weight is 256 g/mol. The summed E-state index contributed by atoms with van der Waals surface area (Å²) < 4.78 is 8.22. The Balaban J connectivity index is -0.000000177. The van der Waals surface area contributed by atoms with Crippen molar-refractivity contribution in [1.82, 2.24) is 0 Å². The zero-order valence-electron chi connectivity index (χ0n) is 12.1. The second kappa shape index (κ2) is 20.6. The van der Waals surface area contributed by atoms with Gasteiger partial charge in [-0.15, -0.1) is 0 Å². The number of esters is 2. The molecule has 1 rings (SSSR count). The van der Waals surface area contributed by atoms with Gasteiger partial charge in [0.1, 0.15) is 0 Å². The second-order valence-electron chi connectivity index (χ2n) is 2.55. The number of carbonyl (C=O) groups is 2. The molecule has 0 unspecified atom stereocenters. The van der Waals surface area contributed by atoms with Crippen LogP contribution in [-0.4, -0.2) is 26.2 Å². The van der Waals surface area contributed by atoms with Crippen LogP contribution in [0.2, 0.25) is 0 Å². The summed E-state index contributed by atoms with van der Waals surface area (Å²) in [4.78, 5) is 19.2. The molecule has 0 amide bonds. The fourth-order valence-electron chi connectivity index (χ4n) is 0.385. The third kappa shape index (κ3) is 36.8. The van der Waals surface area contributed by atoms with E-state index in [9.17, 15) is 9.59 Å². The van der Waals surface area contributed by atoms with Gasteiger partial charge >= 0.3 is 11.9 Å². The van der Waals surface area contributed by atoms with Gasteiger partial charge in [0.2, 0.25) is 0 Å². The minimum Gasteiger partial charge on any atom is -0.469 e. The first-order valence-electron chi connectivity index (χ1n) is 5.63. The molecule has 1 aromatic carbocycles. The lowest BCUT2D eigenvalue weighted by atomic mass is 10.4. The van der Waals surface area contributed by atoms with E-state index >= 15 is 0 Å². The van der Waals surface area contributed by atoms with Gasteiger partial charge < -0.3 is 9.47 Å². The van der Waals surface area contributed by atoms with Gasteiger partial charge in [0.05, 0.1) is 14.2 Å². The molecule has 0 heterocycles. The van der Waals surface area contributed by atoms with Crippen molar-refractivity contribution in [2.24, 2.45) is 0 Å². The van der Waals surface area contributed by atoms with E-state index < -0.39 is 0 Å². The van der Waals surface area contributed by atoms with Crippen LogP contribution in [0.1, 0.15) is 27.7 Å². The molecule has 0 atom stereocenters. The molecule has 0 aliphatic heterocycles. The van der Waals surface area contributed by atoms with E-state index in [2.05, 4.69) is 9.47 Å². The van der Waals surface area contributed by atoms with Gasteiger partial charge in [-0.25, -0.2) is 0 Å². The Morgan fingerprint density at radius 2 is 0.778 bits per heavy atom. The van der Waals surface area contributed by atoms with Crippen LogP contribution in [0.25, 0.3) is 0 Å². The van der Waals surface area contributed by atoms with Gasteiger partial charge in [-0.05, 0) is 0 Å². The Morgan fingerprint density at radius 1 is 0.667 bits per heavy atom. The molecule has 0 spiro atoms. The first kappa shape index (κ1) is 21.4. The van der Waals surface area contributed by atoms with Crippen LogP contribution in [0.4, 0.5) is 0 Å². The Hall–Kier alpha value is -1.84. The molecule has 0 aliphatic rings. The molecular weight excluding hydrogens is 232 g/mol. The second-order valence-corrected chi connectivity index (χ2v) is 2.55. The van der Waals surface area contributed by atoms with Crippen molar-refractivity contribution < 1.29 is 19.1 Å². The predicted molar refractivity (Wildman–Crippen MR) is 73.2 cm³/mol. The van der Waals surface area contributed by atoms with E-state index in [-0.39, 0.29) is 11.9 Å². The maximum absolute atomic E-state index is 9.59. The van der Waals surface area contributed by atoms with Crippen molar-refractivity contribution in [2.45, 2.75) is 27.7 Å². The largest absolute Gasteiger partial charge is 0.469 e. The molecule has 104 valence electrons. The quantitative estimate of drug-likeness (QED) is 0.669. The van der Waals surface area contributed by atoms with Crippen LogP contribution in [-0.2, 0) is 19.1 Å². The lowest BCUT2D eigenvalue weighted by molar-refractivity contribution is -0.138. The Morgan fingerprint density at radius 3 is 0.833 bits per heavy atom. The summed E-state index contributed by atoms with van der Waals surface area (Å²) >= 11 is 0. The van der Waals surface area contributed by atoms with E-state index in [1.807, 2.05) is 50.2 Å². The topological polar surface area (TPSA) is 52.6 Å². The number of ether oxygens (including phenoxy) is 2. The highest BCUT2D eigenvalue weighted by Gasteiger charge is 1.76. The number of hydrogen-bond donors (Lipinski definition) is 0. The third-order valence-electron chi connectivity index (χ3n) is 1.24. The monoisotopic (exact) mass is 256 g/mol. The summed E-state index contributed by atoms with van der Waals surface area (Å²) in [6, 6.07) is 12.0. The fourth-order valence-corrected chi connectivity index (χ4v) is 0.385. The average Bonchev–Trinajstić information content (AvgIpc) is 2.44. The molecule has 0 saturated heterocycles. The number of methoxy groups -OCH3 is 2. The Bertz CT molecular complexity index is 230. The highest BCUT2D eigenvalue weighted by atomic mass is 16.5. The zero-order chi connectivity index (χ0) is 14.8. The van der Waals surface area contributed by atoms with Crippen molar-refractivity contribution in [2.75, 3.05) is 14.2 Å². The maximum Gasteiger partial charge on any atom is 0.302 e. The molecule has 4 heteroatoms. The molecule has 18 heavy (non-hydrogen) atoms. The van der Waals surface area contributed by atoms with Crippen LogP contribution in [0.3, 0.4) is 0 Å². The predicted octanol–water partition coefficient (Wildman–Crippen LogP) is 3.07. The molecule has 0 saturated carbocycles. The minimum absolute atomic E-state index is 0.245. The smallest absolute Gasteiger partial charge is 0.302 e. The first-order chi connectivity index (χ1) is 8.54. The zero-order valence-corrected chi connectivity index (χ0v) is 12.1. The lowest BCUT2D eigenvalue weighted by Crippen LogP contribution is -1.88. The summed E-state index contributed by atoms with van der Waals surface area (Å²) in [5.74, 6) is -0.491. The van der Waals surface area contributed by atoms with E-state index in [4.69, 9.17) is 0 Å². The van der Waals surface area contributed by atoms with Gasteiger partial charge in [-0.1, -0.05) is 50.2 Å². The minimum atomic E-state index is -0.245. The SMILES string of the molecule is CC.COC(C)=O.COC(C)=O.c1ccccc1. The molecule has 0 aliphatic carbocycles. The maximum atomic E-state index is 9.59. The highest BCUT2D eigenvalue weighted by molar-refractivity contribution is 5.65. The summed E-state index contributed by atoms with van der Waals surface area (Å²) in [6.07, 6.45) is 0. The Labute approximate surface area is 110 Å². The van der Waals surface area contributed by atoms with Gasteiger partial charge in [-0.3, -0.25) is 9.59 Å². The van der Waals surface area contributed by atoms with Gasteiger partial charge in [0.25, 0.3) is 0 Å². The van der Waals surface area contributed by atoms with Crippen LogP contribution >= 0.6 is 0 Å². The summed E-state index contributed by atoms with van der Waals surface area (Å²) in [5.41, 5.74) is 0. The van der Waals surface area contributed by atoms with E-state index in [0.717, 1.165) is 0 Å². The number of carbonyl (C=O) groups excluding carboxylic acids is 2.